The van der Waals surface area contributed by atoms with Crippen LogP contribution in [0.3, 0.4) is 0 Å². The number of esters is 2. The second-order valence-corrected chi connectivity index (χ2v) is 16.7. The maximum atomic E-state index is 12.6. The summed E-state index contributed by atoms with van der Waals surface area (Å²) in [6.45, 7) is 2.83. The summed E-state index contributed by atoms with van der Waals surface area (Å²) in [6.07, 6.45) is 35.9. The van der Waals surface area contributed by atoms with Crippen molar-refractivity contribution in [3.8, 4) is 0 Å². The van der Waals surface area contributed by atoms with E-state index >= 15 is 0 Å². The quantitative estimate of drug-likeness (QED) is 0.0232. The molecule has 1 unspecified atom stereocenters. The van der Waals surface area contributed by atoms with E-state index in [-0.39, 0.29) is 49.0 Å². The molecule has 4 N–H and O–H groups in total. The van der Waals surface area contributed by atoms with Gasteiger partial charge in [0.15, 0.2) is 6.10 Å². The summed E-state index contributed by atoms with van der Waals surface area (Å²) in [7, 11) is -4.71. The molecule has 0 saturated heterocycles. The van der Waals surface area contributed by atoms with Gasteiger partial charge in [-0.25, -0.2) is 4.57 Å². The first-order valence-corrected chi connectivity index (χ1v) is 23.6. The van der Waals surface area contributed by atoms with Crippen LogP contribution in [0.1, 0.15) is 219 Å². The fourth-order valence-corrected chi connectivity index (χ4v) is 7.14. The molecule has 0 rings (SSSR count). The summed E-state index contributed by atoms with van der Waals surface area (Å²) in [5.74, 6) is -2.36. The molecule has 321 valence electrons. The predicted octanol–water partition coefficient (Wildman–Crippen LogP) is 11.1. The number of nitrogens with two attached hydrogens (primary N) is 1. The third kappa shape index (κ3) is 41.4. The van der Waals surface area contributed by atoms with Crippen molar-refractivity contribution >= 4 is 55.3 Å². The second-order valence-electron chi connectivity index (χ2n) is 15.2. The smallest absolute Gasteiger partial charge is 0.472 e. The number of carboxylic acids is 1. The van der Waals surface area contributed by atoms with E-state index in [1.807, 2.05) is 0 Å². The number of unbranched alkanes of at least 4 members (excludes halogenated alkanes) is 28. The number of rotatable bonds is 42. The van der Waals surface area contributed by atoms with E-state index in [1.165, 1.54) is 141 Å². The van der Waals surface area contributed by atoms with Crippen molar-refractivity contribution in [2.45, 2.75) is 231 Å². The molecule has 55 heavy (non-hydrogen) atoms. The zero-order chi connectivity index (χ0) is 40.0. The minimum atomic E-state index is -4.71. The molecule has 0 spiro atoms. The van der Waals surface area contributed by atoms with Crippen LogP contribution >= 0.6 is 7.82 Å². The van der Waals surface area contributed by atoms with Gasteiger partial charge in [0.25, 0.3) is 0 Å². The number of hydrogen-bond donors (Lipinski definition) is 3. The molecule has 0 aromatic rings. The average molecular weight is 815 g/mol. The number of carbonyl (C=O) groups is 3. The summed E-state index contributed by atoms with van der Waals surface area (Å²) >= 11 is 0. The minimum absolute atomic E-state index is 0. The number of carboxylic acid groups (broad SMARTS) is 1. The Labute approximate surface area is 358 Å². The Morgan fingerprint density at radius 3 is 1.16 bits per heavy atom. The van der Waals surface area contributed by atoms with E-state index in [1.54, 1.807) is 0 Å². The van der Waals surface area contributed by atoms with Crippen LogP contribution in [-0.4, -0.2) is 89.4 Å². The van der Waals surface area contributed by atoms with Gasteiger partial charge >= 0.3 is 25.7 Å². The van der Waals surface area contributed by atoms with E-state index in [0.29, 0.717) is 12.8 Å². The van der Waals surface area contributed by atoms with Gasteiger partial charge in [-0.2, -0.15) is 0 Å². The third-order valence-electron chi connectivity index (χ3n) is 9.86. The van der Waals surface area contributed by atoms with Crippen LogP contribution in [0.25, 0.3) is 0 Å². The largest absolute Gasteiger partial charge is 0.480 e. The van der Waals surface area contributed by atoms with E-state index in [9.17, 15) is 23.8 Å². The first-order valence-electron chi connectivity index (χ1n) is 22.1. The molecule has 0 amide bonds. The first kappa shape index (κ1) is 56.6. The molecule has 1 radical (unpaired) electrons. The van der Waals surface area contributed by atoms with Crippen LogP contribution in [0, 0.1) is 0 Å². The van der Waals surface area contributed by atoms with E-state index in [0.717, 1.165) is 38.5 Å². The van der Waals surface area contributed by atoms with Gasteiger partial charge in [-0.1, -0.05) is 194 Å². The van der Waals surface area contributed by atoms with Crippen molar-refractivity contribution in [3.05, 3.63) is 0 Å². The minimum Gasteiger partial charge on any atom is -0.480 e. The zero-order valence-corrected chi connectivity index (χ0v) is 38.5. The normalized spacial score (nSPS) is 13.5. The Bertz CT molecular complexity index is 944. The van der Waals surface area contributed by atoms with Gasteiger partial charge in [0.05, 0.1) is 13.2 Å². The molecule has 0 aromatic carbocycles. The second kappa shape index (κ2) is 41.6. The van der Waals surface area contributed by atoms with Crippen molar-refractivity contribution < 1.29 is 47.5 Å². The Hall–Kier alpha value is -0.520. The van der Waals surface area contributed by atoms with Crippen LogP contribution in [0.15, 0.2) is 0 Å². The topological polar surface area (TPSA) is 172 Å². The van der Waals surface area contributed by atoms with Crippen LogP contribution in [-0.2, 0) is 37.5 Å². The molecule has 3 atom stereocenters. The van der Waals surface area contributed by atoms with Crippen molar-refractivity contribution in [1.82, 2.24) is 0 Å². The summed E-state index contributed by atoms with van der Waals surface area (Å²) in [4.78, 5) is 45.9. The molecular formula is C42H82NNaO10P. The van der Waals surface area contributed by atoms with E-state index < -0.39 is 51.1 Å². The third-order valence-corrected chi connectivity index (χ3v) is 10.8. The number of phosphoric acid groups is 1. The Balaban J connectivity index is 0. The Kier molecular flexibility index (Phi) is 42.8. The van der Waals surface area contributed by atoms with Crippen LogP contribution < -0.4 is 5.73 Å². The summed E-state index contributed by atoms with van der Waals surface area (Å²) in [5.41, 5.74) is 5.33. The van der Waals surface area contributed by atoms with Crippen molar-refractivity contribution in [1.29, 1.82) is 0 Å². The van der Waals surface area contributed by atoms with Gasteiger partial charge in [-0.05, 0) is 12.8 Å². The van der Waals surface area contributed by atoms with Crippen LogP contribution in [0.4, 0.5) is 0 Å². The summed E-state index contributed by atoms with van der Waals surface area (Å²) < 4.78 is 32.7. The first-order chi connectivity index (χ1) is 26.1. The Morgan fingerprint density at radius 2 is 0.818 bits per heavy atom. The van der Waals surface area contributed by atoms with Crippen LogP contribution in [0.2, 0.25) is 0 Å². The summed E-state index contributed by atoms with van der Waals surface area (Å²) in [6, 6.07) is -1.52. The van der Waals surface area contributed by atoms with Gasteiger partial charge < -0.3 is 25.2 Å². The molecule has 0 aliphatic heterocycles. The number of carbonyl (C=O) groups excluding carboxylic acids is 2. The van der Waals surface area contributed by atoms with E-state index in [2.05, 4.69) is 18.4 Å². The summed E-state index contributed by atoms with van der Waals surface area (Å²) in [5, 5.41) is 8.88. The van der Waals surface area contributed by atoms with Crippen LogP contribution in [0.5, 0.6) is 0 Å². The van der Waals surface area contributed by atoms with Gasteiger partial charge in [-0.15, -0.1) is 0 Å². The van der Waals surface area contributed by atoms with Gasteiger partial charge in [0, 0.05) is 42.4 Å². The van der Waals surface area contributed by atoms with Crippen molar-refractivity contribution in [2.24, 2.45) is 5.73 Å². The number of phosphoric ester groups is 1. The molecule has 11 nitrogen and oxygen atoms in total. The fraction of sp³-hybridized carbons (Fsp3) is 0.929. The van der Waals surface area contributed by atoms with E-state index in [4.69, 9.17) is 24.8 Å². The van der Waals surface area contributed by atoms with Gasteiger partial charge in [0.1, 0.15) is 12.6 Å². The molecule has 0 saturated carbocycles. The number of hydrogen-bond acceptors (Lipinski definition) is 9. The standard InChI is InChI=1S/C42H82NO10P.Na/c1-3-5-7-9-11-13-15-17-19-21-23-25-27-29-31-33-40(44)50-35-38(36-51-54(48,49)52-37-39(43)42(46)47)53-41(45)34-32-30-28-26-24-22-20-18-16-14-12-10-8-6-4-2;/h38-39H,3-37,43H2,1-2H3,(H,46,47)(H,48,49);/t38-,39+;/m1./s1. The molecule has 0 fully saturated rings. The molecule has 0 aliphatic carbocycles. The SMILES string of the molecule is CCCCCCCCCCCCCCCCCC(=O)OC[C@H](COP(=O)(O)OC[C@H](N)C(=O)O)OC(=O)CCCCCCCCCCCCCCCCC.[Na]. The zero-order valence-electron chi connectivity index (χ0n) is 35.6. The molecule has 0 bridgehead atoms. The molecular weight excluding hydrogens is 732 g/mol. The molecule has 0 aromatic heterocycles. The number of aliphatic carboxylic acids is 1. The molecule has 0 heterocycles. The van der Waals surface area contributed by atoms with Crippen molar-refractivity contribution in [2.75, 3.05) is 19.8 Å². The fourth-order valence-electron chi connectivity index (χ4n) is 6.36. The predicted molar refractivity (Wildman–Crippen MR) is 223 cm³/mol. The molecule has 0 aliphatic rings. The number of ether oxygens (including phenoxy) is 2. The Morgan fingerprint density at radius 1 is 0.509 bits per heavy atom. The van der Waals surface area contributed by atoms with Crippen molar-refractivity contribution in [3.63, 3.8) is 0 Å². The monoisotopic (exact) mass is 815 g/mol. The van der Waals surface area contributed by atoms with Gasteiger partial charge in [-0.3, -0.25) is 23.4 Å². The maximum Gasteiger partial charge on any atom is 0.472 e. The average Bonchev–Trinajstić information content (AvgIpc) is 3.14. The maximum absolute atomic E-state index is 12.6. The molecule has 13 heteroatoms. The van der Waals surface area contributed by atoms with Gasteiger partial charge in [0.2, 0.25) is 0 Å².